The van der Waals surface area contributed by atoms with Crippen molar-refractivity contribution < 1.29 is 13.9 Å². The number of rotatable bonds is 1. The monoisotopic (exact) mass is 156 g/mol. The highest BCUT2D eigenvalue weighted by Gasteiger charge is 2.29. The van der Waals surface area contributed by atoms with Crippen molar-refractivity contribution in [3.05, 3.63) is 24.3 Å². The third-order valence-corrected chi connectivity index (χ3v) is 1.30. The number of ether oxygens (including phenoxy) is 1. The highest BCUT2D eigenvalue weighted by molar-refractivity contribution is 5.66. The largest absolute Gasteiger partial charge is 0.425 e. The molecule has 0 bridgehead atoms. The SMILES string of the molecule is CC(=O)OC1(F)C=CC=CC1. The summed E-state index contributed by atoms with van der Waals surface area (Å²) >= 11 is 0. The quantitative estimate of drug-likeness (QED) is 0.540. The maximum Gasteiger partial charge on any atom is 0.305 e. The molecule has 0 amide bonds. The van der Waals surface area contributed by atoms with Gasteiger partial charge < -0.3 is 4.74 Å². The Hall–Kier alpha value is -1.12. The lowest BCUT2D eigenvalue weighted by molar-refractivity contribution is -0.167. The van der Waals surface area contributed by atoms with Crippen LogP contribution in [-0.4, -0.2) is 11.8 Å². The van der Waals surface area contributed by atoms with Crippen LogP contribution in [0.5, 0.6) is 0 Å². The van der Waals surface area contributed by atoms with Gasteiger partial charge in [-0.25, -0.2) is 0 Å². The van der Waals surface area contributed by atoms with Gasteiger partial charge in [0.05, 0.1) is 0 Å². The van der Waals surface area contributed by atoms with E-state index >= 15 is 0 Å². The molecule has 0 spiro atoms. The van der Waals surface area contributed by atoms with Gasteiger partial charge in [-0.15, -0.1) is 0 Å². The predicted octanol–water partition coefficient (Wildman–Crippen LogP) is 1.73. The average molecular weight is 156 g/mol. The number of esters is 1. The summed E-state index contributed by atoms with van der Waals surface area (Å²) in [6.45, 7) is 1.19. The third kappa shape index (κ3) is 2.18. The van der Waals surface area contributed by atoms with E-state index in [1.165, 1.54) is 19.1 Å². The summed E-state index contributed by atoms with van der Waals surface area (Å²) in [5, 5.41) is 0. The van der Waals surface area contributed by atoms with E-state index in [0.29, 0.717) is 0 Å². The van der Waals surface area contributed by atoms with E-state index in [2.05, 4.69) is 4.74 Å². The number of carbonyl (C=O) groups is 1. The van der Waals surface area contributed by atoms with Gasteiger partial charge in [-0.3, -0.25) is 4.79 Å². The van der Waals surface area contributed by atoms with Crippen molar-refractivity contribution in [1.29, 1.82) is 0 Å². The smallest absolute Gasteiger partial charge is 0.305 e. The van der Waals surface area contributed by atoms with Crippen molar-refractivity contribution in [3.8, 4) is 0 Å². The highest BCUT2D eigenvalue weighted by atomic mass is 19.2. The number of carbonyl (C=O) groups excluding carboxylic acids is 1. The molecule has 0 aromatic rings. The van der Waals surface area contributed by atoms with Crippen LogP contribution in [-0.2, 0) is 9.53 Å². The zero-order chi connectivity index (χ0) is 8.32. The van der Waals surface area contributed by atoms with Crippen LogP contribution in [0.15, 0.2) is 24.3 Å². The minimum absolute atomic E-state index is 0.100. The van der Waals surface area contributed by atoms with E-state index in [9.17, 15) is 9.18 Å². The van der Waals surface area contributed by atoms with Crippen molar-refractivity contribution in [2.45, 2.75) is 19.2 Å². The van der Waals surface area contributed by atoms with Gasteiger partial charge in [-0.1, -0.05) is 18.2 Å². The van der Waals surface area contributed by atoms with E-state index in [0.717, 1.165) is 0 Å². The van der Waals surface area contributed by atoms with E-state index in [1.807, 2.05) is 0 Å². The Bertz CT molecular complexity index is 220. The fraction of sp³-hybridized carbons (Fsp3) is 0.375. The van der Waals surface area contributed by atoms with Gasteiger partial charge >= 0.3 is 5.97 Å². The summed E-state index contributed by atoms with van der Waals surface area (Å²) in [5.41, 5.74) is 0. The van der Waals surface area contributed by atoms with Gasteiger partial charge in [0.15, 0.2) is 0 Å². The number of hydrogen-bond acceptors (Lipinski definition) is 2. The summed E-state index contributed by atoms with van der Waals surface area (Å²) in [6, 6.07) is 0. The molecule has 1 aliphatic rings. The Morgan fingerprint density at radius 2 is 2.36 bits per heavy atom. The van der Waals surface area contributed by atoms with Crippen molar-refractivity contribution in [1.82, 2.24) is 0 Å². The molecule has 11 heavy (non-hydrogen) atoms. The first-order chi connectivity index (χ1) is 5.12. The summed E-state index contributed by atoms with van der Waals surface area (Å²) in [6.07, 6.45) is 6.17. The lowest BCUT2D eigenvalue weighted by Crippen LogP contribution is -2.26. The first-order valence-electron chi connectivity index (χ1n) is 3.35. The maximum atomic E-state index is 13.2. The summed E-state index contributed by atoms with van der Waals surface area (Å²) in [7, 11) is 0. The summed E-state index contributed by atoms with van der Waals surface area (Å²) < 4.78 is 17.7. The van der Waals surface area contributed by atoms with Crippen LogP contribution in [0.2, 0.25) is 0 Å². The first kappa shape index (κ1) is 7.98. The molecule has 0 fully saturated rings. The normalized spacial score (nSPS) is 28.5. The predicted molar refractivity (Wildman–Crippen MR) is 38.5 cm³/mol. The number of halogens is 1. The van der Waals surface area contributed by atoms with Gasteiger partial charge in [0.2, 0.25) is 0 Å². The third-order valence-electron chi connectivity index (χ3n) is 1.30. The van der Waals surface area contributed by atoms with Gasteiger partial charge in [-0.05, 0) is 6.08 Å². The molecular formula is C8H9FO2. The molecule has 1 unspecified atom stereocenters. The molecular weight excluding hydrogens is 147 g/mol. The van der Waals surface area contributed by atoms with Crippen LogP contribution in [0.4, 0.5) is 4.39 Å². The molecule has 0 N–H and O–H groups in total. The lowest BCUT2D eigenvalue weighted by Gasteiger charge is -2.20. The van der Waals surface area contributed by atoms with Gasteiger partial charge in [0.1, 0.15) is 0 Å². The molecule has 1 aliphatic carbocycles. The zero-order valence-electron chi connectivity index (χ0n) is 6.21. The number of allylic oxidation sites excluding steroid dienone is 2. The molecule has 0 aliphatic heterocycles. The number of alkyl halides is 1. The minimum atomic E-state index is -1.92. The topological polar surface area (TPSA) is 26.3 Å². The fourth-order valence-corrected chi connectivity index (χ4v) is 0.889. The Kier molecular flexibility index (Phi) is 2.08. The Morgan fingerprint density at radius 3 is 2.82 bits per heavy atom. The Balaban J connectivity index is 2.61. The lowest BCUT2D eigenvalue weighted by atomic mass is 10.1. The van der Waals surface area contributed by atoms with Crippen LogP contribution < -0.4 is 0 Å². The standard InChI is InChI=1S/C8H9FO2/c1-7(10)11-8(9)5-3-2-4-6-8/h2-5H,6H2,1H3. The fourth-order valence-electron chi connectivity index (χ4n) is 0.889. The van der Waals surface area contributed by atoms with Crippen molar-refractivity contribution in [2.24, 2.45) is 0 Å². The second-order valence-electron chi connectivity index (χ2n) is 2.37. The molecule has 0 radical (unpaired) electrons. The van der Waals surface area contributed by atoms with Gasteiger partial charge in [-0.2, -0.15) is 4.39 Å². The Morgan fingerprint density at radius 1 is 1.64 bits per heavy atom. The minimum Gasteiger partial charge on any atom is -0.425 e. The molecule has 60 valence electrons. The van der Waals surface area contributed by atoms with Crippen LogP contribution in [0.25, 0.3) is 0 Å². The number of hydrogen-bond donors (Lipinski definition) is 0. The van der Waals surface area contributed by atoms with Gasteiger partial charge in [0, 0.05) is 13.3 Å². The molecule has 0 aromatic carbocycles. The average Bonchev–Trinajstić information content (AvgIpc) is 1.85. The molecule has 3 heteroatoms. The molecule has 0 aromatic heterocycles. The molecule has 2 nitrogen and oxygen atoms in total. The van der Waals surface area contributed by atoms with Crippen LogP contribution >= 0.6 is 0 Å². The van der Waals surface area contributed by atoms with E-state index < -0.39 is 11.8 Å². The van der Waals surface area contributed by atoms with Crippen LogP contribution in [0.1, 0.15) is 13.3 Å². The molecule has 1 rings (SSSR count). The van der Waals surface area contributed by atoms with E-state index in [4.69, 9.17) is 0 Å². The van der Waals surface area contributed by atoms with Crippen molar-refractivity contribution in [3.63, 3.8) is 0 Å². The summed E-state index contributed by atoms with van der Waals surface area (Å²) in [4.78, 5) is 10.4. The molecule has 1 atom stereocenters. The second-order valence-corrected chi connectivity index (χ2v) is 2.37. The second kappa shape index (κ2) is 2.86. The highest BCUT2D eigenvalue weighted by Crippen LogP contribution is 2.23. The maximum absolute atomic E-state index is 13.2. The van der Waals surface area contributed by atoms with E-state index in [-0.39, 0.29) is 6.42 Å². The molecule has 0 heterocycles. The summed E-state index contributed by atoms with van der Waals surface area (Å²) in [5.74, 6) is -2.52. The Labute approximate surface area is 64.3 Å². The van der Waals surface area contributed by atoms with E-state index in [1.54, 1.807) is 12.2 Å². The van der Waals surface area contributed by atoms with Crippen molar-refractivity contribution in [2.75, 3.05) is 0 Å². The van der Waals surface area contributed by atoms with Crippen molar-refractivity contribution >= 4 is 5.97 Å². The van der Waals surface area contributed by atoms with Crippen LogP contribution in [0, 0.1) is 0 Å². The van der Waals surface area contributed by atoms with Gasteiger partial charge in [0.25, 0.3) is 5.85 Å². The molecule has 0 saturated carbocycles. The van der Waals surface area contributed by atoms with Crippen LogP contribution in [0.3, 0.4) is 0 Å². The molecule has 0 saturated heterocycles. The zero-order valence-corrected chi connectivity index (χ0v) is 6.21. The first-order valence-corrected chi connectivity index (χ1v) is 3.35.